The lowest BCUT2D eigenvalue weighted by Crippen LogP contribution is -2.55. The molecule has 0 saturated heterocycles. The molecule has 2 aromatic rings. The second-order valence-corrected chi connectivity index (χ2v) is 10.7. The number of H-pyrrole nitrogens is 1. The smallest absolute Gasteiger partial charge is 0.352 e. The summed E-state index contributed by atoms with van der Waals surface area (Å²) in [6.07, 6.45) is 2.71. The van der Waals surface area contributed by atoms with Gasteiger partial charge in [-0.2, -0.15) is 0 Å². The molecule has 0 aromatic carbocycles. The summed E-state index contributed by atoms with van der Waals surface area (Å²) < 4.78 is 18.8. The minimum atomic E-state index is -1.19. The standard InChI is InChI=1S/C27H36FN7O7/c1-3-14(2)23(32-21(37)13-42-7-6-28)26(39)31-18-5-4-15-8-19(27(40)41)35-12-16(9-20(36)22(18)24(15)35)25(38)29-10-17-11-30-34-33-17/h8,11,14,16,18,22-23H,3-7,9-10,12-13H2,1-2H3,(H,29,38)(H,31,39)(H,32,37)(H,40,41)(H,30,33,34)/t14?,16-,18-,22?,23?/m0/s1. The van der Waals surface area contributed by atoms with Crippen molar-refractivity contribution in [2.75, 3.05) is 19.9 Å². The summed E-state index contributed by atoms with van der Waals surface area (Å²) in [5.41, 5.74) is 1.65. The molecule has 14 nitrogen and oxygen atoms in total. The number of Topliss-reactive ketones (excluding diaryl/α,β-unsaturated/α-hetero) is 1. The molecule has 42 heavy (non-hydrogen) atoms. The SMILES string of the molecule is CCC(C)C(NC(=O)COCCF)C(=O)N[C@H]1CCc2cc(C(=O)O)n3c2C1C(=O)C[C@H](C(=O)NCc1c[nH]nn1)C3. The van der Waals surface area contributed by atoms with E-state index in [2.05, 4.69) is 31.4 Å². The van der Waals surface area contributed by atoms with E-state index in [0.717, 1.165) is 0 Å². The van der Waals surface area contributed by atoms with Crippen LogP contribution >= 0.6 is 0 Å². The zero-order chi connectivity index (χ0) is 30.4. The molecule has 1 aliphatic heterocycles. The number of halogens is 1. The number of carboxylic acid groups (broad SMARTS) is 1. The summed E-state index contributed by atoms with van der Waals surface area (Å²) in [5.74, 6) is -4.96. The maximum atomic E-state index is 13.8. The van der Waals surface area contributed by atoms with Gasteiger partial charge in [0, 0.05) is 30.9 Å². The fraction of sp³-hybridized carbons (Fsp3) is 0.593. The highest BCUT2D eigenvalue weighted by molar-refractivity contribution is 5.95. The number of hydrogen-bond acceptors (Lipinski definition) is 8. The van der Waals surface area contributed by atoms with Gasteiger partial charge < -0.3 is 30.4 Å². The fourth-order valence-corrected chi connectivity index (χ4v) is 5.64. The van der Waals surface area contributed by atoms with E-state index in [1.165, 1.54) is 16.8 Å². The highest BCUT2D eigenvalue weighted by Gasteiger charge is 2.44. The number of aromatic carboxylic acids is 1. The van der Waals surface area contributed by atoms with Gasteiger partial charge in [-0.3, -0.25) is 24.3 Å². The van der Waals surface area contributed by atoms with Crippen LogP contribution < -0.4 is 16.0 Å². The molecule has 2 aromatic heterocycles. The highest BCUT2D eigenvalue weighted by atomic mass is 19.1. The molecule has 0 spiro atoms. The van der Waals surface area contributed by atoms with Crippen molar-refractivity contribution in [2.45, 2.75) is 70.6 Å². The van der Waals surface area contributed by atoms with E-state index in [1.54, 1.807) is 6.92 Å². The van der Waals surface area contributed by atoms with E-state index < -0.39 is 60.9 Å². The predicted molar refractivity (Wildman–Crippen MR) is 144 cm³/mol. The van der Waals surface area contributed by atoms with Gasteiger partial charge in [0.1, 0.15) is 36.5 Å². The Balaban J connectivity index is 1.57. The van der Waals surface area contributed by atoms with Crippen molar-refractivity contribution in [3.05, 3.63) is 34.9 Å². The first-order chi connectivity index (χ1) is 20.1. The van der Waals surface area contributed by atoms with Crippen LogP contribution in [0.1, 0.15) is 66.5 Å². The lowest BCUT2D eigenvalue weighted by atomic mass is 9.79. The van der Waals surface area contributed by atoms with Crippen LogP contribution in [-0.4, -0.2) is 86.5 Å². The molecule has 15 heteroatoms. The monoisotopic (exact) mass is 589 g/mol. The molecule has 228 valence electrons. The Hall–Kier alpha value is -4.14. The molecule has 0 saturated carbocycles. The van der Waals surface area contributed by atoms with Crippen LogP contribution in [0.3, 0.4) is 0 Å². The van der Waals surface area contributed by atoms with E-state index in [1.807, 2.05) is 6.92 Å². The van der Waals surface area contributed by atoms with Gasteiger partial charge >= 0.3 is 5.97 Å². The normalized spacial score (nSPS) is 21.0. The van der Waals surface area contributed by atoms with Crippen molar-refractivity contribution in [1.82, 2.24) is 35.9 Å². The number of nitrogens with zero attached hydrogens (tertiary/aromatic N) is 3. The number of ketones is 1. The van der Waals surface area contributed by atoms with Crippen LogP contribution in [0.4, 0.5) is 4.39 Å². The largest absolute Gasteiger partial charge is 0.477 e. The number of carboxylic acids is 1. The Kier molecular flexibility index (Phi) is 10.0. The topological polar surface area (TPSA) is 197 Å². The number of nitrogens with one attached hydrogen (secondary N) is 4. The average Bonchev–Trinajstić information content (AvgIpc) is 3.58. The van der Waals surface area contributed by atoms with Crippen LogP contribution in [0.5, 0.6) is 0 Å². The second-order valence-electron chi connectivity index (χ2n) is 10.7. The molecule has 0 radical (unpaired) electrons. The molecule has 3 heterocycles. The molecule has 0 fully saturated rings. The van der Waals surface area contributed by atoms with Crippen LogP contribution in [0.15, 0.2) is 12.3 Å². The van der Waals surface area contributed by atoms with Gasteiger partial charge in [-0.25, -0.2) is 9.18 Å². The molecular weight excluding hydrogens is 553 g/mol. The quantitative estimate of drug-likeness (QED) is 0.203. The Bertz CT molecular complexity index is 1310. The lowest BCUT2D eigenvalue weighted by molar-refractivity contribution is -0.133. The van der Waals surface area contributed by atoms with E-state index in [4.69, 9.17) is 4.74 Å². The third kappa shape index (κ3) is 6.83. The minimum absolute atomic E-state index is 0.0189. The first kappa shape index (κ1) is 30.8. The number of carbonyl (C=O) groups is 5. The van der Waals surface area contributed by atoms with Gasteiger partial charge in [0.25, 0.3) is 0 Å². The zero-order valence-corrected chi connectivity index (χ0v) is 23.5. The Morgan fingerprint density at radius 3 is 2.76 bits per heavy atom. The van der Waals surface area contributed by atoms with E-state index >= 15 is 0 Å². The first-order valence-electron chi connectivity index (χ1n) is 14.0. The van der Waals surface area contributed by atoms with Gasteiger partial charge in [0.2, 0.25) is 17.7 Å². The van der Waals surface area contributed by atoms with Gasteiger partial charge in [-0.1, -0.05) is 25.5 Å². The van der Waals surface area contributed by atoms with Crippen molar-refractivity contribution in [3.63, 3.8) is 0 Å². The van der Waals surface area contributed by atoms with Gasteiger partial charge in [-0.15, -0.1) is 5.10 Å². The Morgan fingerprint density at radius 2 is 2.10 bits per heavy atom. The third-order valence-electron chi connectivity index (χ3n) is 7.94. The van der Waals surface area contributed by atoms with Crippen LogP contribution in [0.2, 0.25) is 0 Å². The number of hydrogen-bond donors (Lipinski definition) is 5. The van der Waals surface area contributed by atoms with E-state index in [9.17, 15) is 33.5 Å². The summed E-state index contributed by atoms with van der Waals surface area (Å²) in [5, 5.41) is 28.2. The molecule has 3 amide bonds. The van der Waals surface area contributed by atoms with Crippen LogP contribution in [-0.2, 0) is 43.4 Å². The van der Waals surface area contributed by atoms with Crippen molar-refractivity contribution in [3.8, 4) is 0 Å². The predicted octanol–water partition coefficient (Wildman–Crippen LogP) is 0.241. The first-order valence-corrected chi connectivity index (χ1v) is 14.0. The lowest BCUT2D eigenvalue weighted by Gasteiger charge is -2.34. The highest BCUT2D eigenvalue weighted by Crippen LogP contribution is 2.39. The van der Waals surface area contributed by atoms with Gasteiger partial charge in [0.15, 0.2) is 0 Å². The second kappa shape index (κ2) is 13.7. The van der Waals surface area contributed by atoms with E-state index in [-0.39, 0.29) is 43.5 Å². The van der Waals surface area contributed by atoms with Gasteiger partial charge in [0.05, 0.1) is 25.0 Å². The molecule has 0 bridgehead atoms. The number of alkyl halides is 1. The summed E-state index contributed by atoms with van der Waals surface area (Å²) in [7, 11) is 0. The number of aromatic nitrogens is 4. The molecule has 2 aliphatic rings. The summed E-state index contributed by atoms with van der Waals surface area (Å²) in [6, 6.07) is -0.0863. The number of aromatic amines is 1. The summed E-state index contributed by atoms with van der Waals surface area (Å²) in [4.78, 5) is 65.0. The molecular formula is C27H36FN7O7. The van der Waals surface area contributed by atoms with Crippen LogP contribution in [0, 0.1) is 11.8 Å². The maximum Gasteiger partial charge on any atom is 0.352 e. The van der Waals surface area contributed by atoms with E-state index in [0.29, 0.717) is 36.2 Å². The number of amides is 3. The maximum absolute atomic E-state index is 13.8. The average molecular weight is 590 g/mol. The number of rotatable bonds is 13. The van der Waals surface area contributed by atoms with Crippen molar-refractivity contribution in [2.24, 2.45) is 11.8 Å². The molecule has 5 atom stereocenters. The Morgan fingerprint density at radius 1 is 1.31 bits per heavy atom. The zero-order valence-electron chi connectivity index (χ0n) is 23.5. The van der Waals surface area contributed by atoms with Crippen LogP contribution in [0.25, 0.3) is 0 Å². The van der Waals surface area contributed by atoms with Crippen molar-refractivity contribution >= 4 is 29.5 Å². The summed E-state index contributed by atoms with van der Waals surface area (Å²) >= 11 is 0. The minimum Gasteiger partial charge on any atom is -0.477 e. The number of carbonyl (C=O) groups excluding carboxylic acids is 4. The number of ether oxygens (including phenoxy) is 1. The molecule has 5 N–H and O–H groups in total. The molecule has 1 aliphatic carbocycles. The summed E-state index contributed by atoms with van der Waals surface area (Å²) in [6.45, 7) is 2.36. The Labute approximate surface area is 241 Å². The fourth-order valence-electron chi connectivity index (χ4n) is 5.64. The molecule has 4 rings (SSSR count). The number of aryl methyl sites for hydroxylation is 1. The van der Waals surface area contributed by atoms with Gasteiger partial charge in [-0.05, 0) is 30.4 Å². The molecule has 3 unspecified atom stereocenters. The third-order valence-corrected chi connectivity index (χ3v) is 7.94. The van der Waals surface area contributed by atoms with Crippen molar-refractivity contribution in [1.29, 1.82) is 0 Å². The van der Waals surface area contributed by atoms with Crippen molar-refractivity contribution < 1.29 is 38.2 Å².